The van der Waals surface area contributed by atoms with E-state index in [1.165, 1.54) is 0 Å². The van der Waals surface area contributed by atoms with Gasteiger partial charge in [-0.3, -0.25) is 4.79 Å². The lowest BCUT2D eigenvalue weighted by Crippen LogP contribution is -2.45. The van der Waals surface area contributed by atoms with Crippen molar-refractivity contribution < 1.29 is 14.3 Å². The number of imidazole rings is 1. The van der Waals surface area contributed by atoms with Gasteiger partial charge in [0.1, 0.15) is 17.7 Å². The number of carbonyl (C=O) groups is 1. The zero-order valence-electron chi connectivity index (χ0n) is 15.0. The number of fused-ring (bicyclic) bond motifs is 1. The van der Waals surface area contributed by atoms with Crippen LogP contribution in [-0.4, -0.2) is 34.7 Å². The lowest BCUT2D eigenvalue weighted by molar-refractivity contribution is -0.133. The van der Waals surface area contributed by atoms with Gasteiger partial charge in [-0.2, -0.15) is 0 Å². The highest BCUT2D eigenvalue weighted by molar-refractivity contribution is 5.80. The Morgan fingerprint density at radius 1 is 1.48 bits per heavy atom. The Bertz CT molecular complexity index is 741. The molecule has 0 bridgehead atoms. The number of ether oxygens (including phenoxy) is 2. The molecule has 6 nitrogen and oxygen atoms in total. The number of nitrogens with zero attached hydrogens (tertiary/aromatic N) is 2. The molecule has 1 amide bonds. The maximum atomic E-state index is 12.4. The number of aryl methyl sites for hydroxylation is 2. The normalized spacial score (nSPS) is 17.6. The summed E-state index contributed by atoms with van der Waals surface area (Å²) < 4.78 is 13.0. The second-order valence-electron chi connectivity index (χ2n) is 6.50. The molecule has 1 N–H and O–H groups in total. The van der Waals surface area contributed by atoms with Crippen molar-refractivity contribution in [3.05, 3.63) is 47.5 Å². The average molecular weight is 343 g/mol. The van der Waals surface area contributed by atoms with Crippen LogP contribution in [0.5, 0.6) is 5.75 Å². The highest BCUT2D eigenvalue weighted by atomic mass is 16.5. The van der Waals surface area contributed by atoms with Gasteiger partial charge >= 0.3 is 0 Å². The zero-order chi connectivity index (χ0) is 17.8. The summed E-state index contributed by atoms with van der Waals surface area (Å²) in [6.07, 6.45) is 3.33. The number of hydrogen-bond donors (Lipinski definition) is 1. The van der Waals surface area contributed by atoms with Crippen LogP contribution in [0.2, 0.25) is 0 Å². The molecule has 0 saturated carbocycles. The molecule has 2 atom stereocenters. The van der Waals surface area contributed by atoms with Crippen LogP contribution < -0.4 is 10.1 Å². The van der Waals surface area contributed by atoms with E-state index in [2.05, 4.69) is 14.9 Å². The third-order valence-electron chi connectivity index (χ3n) is 4.46. The molecule has 134 valence electrons. The lowest BCUT2D eigenvalue weighted by atomic mass is 10.1. The third kappa shape index (κ3) is 4.39. The van der Waals surface area contributed by atoms with Gasteiger partial charge in [-0.25, -0.2) is 4.98 Å². The summed E-state index contributed by atoms with van der Waals surface area (Å²) in [6.45, 7) is 4.92. The van der Waals surface area contributed by atoms with Gasteiger partial charge in [0.05, 0.1) is 19.4 Å². The van der Waals surface area contributed by atoms with E-state index in [0.717, 1.165) is 42.2 Å². The number of hydrogen-bond acceptors (Lipinski definition) is 4. The van der Waals surface area contributed by atoms with E-state index in [4.69, 9.17) is 9.47 Å². The smallest absolute Gasteiger partial charge is 0.249 e. The SMILES string of the molecule is COc1cccc(CO[C@H](C)C(=O)N[C@H]2CCc3nc(C)cn3C2)c1. The fourth-order valence-corrected chi connectivity index (χ4v) is 3.08. The Balaban J connectivity index is 1.49. The van der Waals surface area contributed by atoms with E-state index in [-0.39, 0.29) is 11.9 Å². The van der Waals surface area contributed by atoms with Crippen molar-refractivity contribution in [2.75, 3.05) is 7.11 Å². The minimum absolute atomic E-state index is 0.0758. The number of nitrogens with one attached hydrogen (secondary N) is 1. The maximum Gasteiger partial charge on any atom is 0.249 e. The Kier molecular flexibility index (Phi) is 5.38. The first-order chi connectivity index (χ1) is 12.0. The lowest BCUT2D eigenvalue weighted by Gasteiger charge is -2.26. The molecule has 25 heavy (non-hydrogen) atoms. The summed E-state index contributed by atoms with van der Waals surface area (Å²) in [6, 6.07) is 7.78. The topological polar surface area (TPSA) is 65.4 Å². The van der Waals surface area contributed by atoms with Gasteiger partial charge < -0.3 is 19.4 Å². The number of benzene rings is 1. The van der Waals surface area contributed by atoms with Crippen molar-refractivity contribution in [3.8, 4) is 5.75 Å². The molecule has 0 radical (unpaired) electrons. The first kappa shape index (κ1) is 17.5. The summed E-state index contributed by atoms with van der Waals surface area (Å²) in [5, 5.41) is 3.09. The number of aromatic nitrogens is 2. The van der Waals surface area contributed by atoms with Crippen molar-refractivity contribution in [1.29, 1.82) is 0 Å². The predicted molar refractivity (Wildman–Crippen MR) is 94.5 cm³/mol. The van der Waals surface area contributed by atoms with Crippen molar-refractivity contribution in [2.45, 2.75) is 52.0 Å². The number of rotatable bonds is 6. The van der Waals surface area contributed by atoms with Gasteiger partial charge in [0.15, 0.2) is 0 Å². The van der Waals surface area contributed by atoms with Crippen LogP contribution in [0, 0.1) is 6.92 Å². The monoisotopic (exact) mass is 343 g/mol. The van der Waals surface area contributed by atoms with Crippen LogP contribution in [0.25, 0.3) is 0 Å². The molecule has 0 spiro atoms. The fourth-order valence-electron chi connectivity index (χ4n) is 3.08. The van der Waals surface area contributed by atoms with Gasteiger partial charge in [-0.1, -0.05) is 12.1 Å². The Labute approximate surface area is 148 Å². The molecule has 1 aliphatic heterocycles. The molecule has 3 rings (SSSR count). The van der Waals surface area contributed by atoms with E-state index in [9.17, 15) is 4.79 Å². The third-order valence-corrected chi connectivity index (χ3v) is 4.46. The minimum Gasteiger partial charge on any atom is -0.497 e. The molecular formula is C19H25N3O3. The van der Waals surface area contributed by atoms with Gasteiger partial charge in [0.25, 0.3) is 0 Å². The van der Waals surface area contributed by atoms with Crippen LogP contribution in [0.1, 0.15) is 30.4 Å². The predicted octanol–water partition coefficient (Wildman–Crippen LogP) is 2.24. The van der Waals surface area contributed by atoms with E-state index in [0.29, 0.717) is 6.61 Å². The molecule has 1 aromatic heterocycles. The summed E-state index contributed by atoms with van der Waals surface area (Å²) >= 11 is 0. The number of methoxy groups -OCH3 is 1. The van der Waals surface area contributed by atoms with Gasteiger partial charge in [-0.15, -0.1) is 0 Å². The van der Waals surface area contributed by atoms with Crippen molar-refractivity contribution in [3.63, 3.8) is 0 Å². The molecule has 0 unspecified atom stereocenters. The van der Waals surface area contributed by atoms with Crippen LogP contribution in [0.15, 0.2) is 30.5 Å². The first-order valence-corrected chi connectivity index (χ1v) is 8.62. The summed E-state index contributed by atoms with van der Waals surface area (Å²) in [5.41, 5.74) is 2.01. The van der Waals surface area contributed by atoms with E-state index in [1.54, 1.807) is 14.0 Å². The number of amides is 1. The highest BCUT2D eigenvalue weighted by Gasteiger charge is 2.23. The zero-order valence-corrected chi connectivity index (χ0v) is 15.0. The van der Waals surface area contributed by atoms with Crippen molar-refractivity contribution in [2.24, 2.45) is 0 Å². The molecule has 1 aromatic carbocycles. The van der Waals surface area contributed by atoms with Crippen molar-refractivity contribution in [1.82, 2.24) is 14.9 Å². The van der Waals surface area contributed by atoms with Gasteiger partial charge in [0, 0.05) is 25.2 Å². The van der Waals surface area contributed by atoms with Crippen LogP contribution >= 0.6 is 0 Å². The van der Waals surface area contributed by atoms with Crippen LogP contribution in [0.3, 0.4) is 0 Å². The van der Waals surface area contributed by atoms with Crippen molar-refractivity contribution >= 4 is 5.91 Å². The first-order valence-electron chi connectivity index (χ1n) is 8.62. The quantitative estimate of drug-likeness (QED) is 0.874. The summed E-state index contributed by atoms with van der Waals surface area (Å²) in [7, 11) is 1.63. The molecule has 6 heteroatoms. The second-order valence-corrected chi connectivity index (χ2v) is 6.50. The van der Waals surface area contributed by atoms with E-state index in [1.807, 2.05) is 37.4 Å². The molecule has 0 fully saturated rings. The Morgan fingerprint density at radius 2 is 2.32 bits per heavy atom. The molecule has 2 aromatic rings. The minimum atomic E-state index is -0.503. The van der Waals surface area contributed by atoms with Gasteiger partial charge in [0.2, 0.25) is 5.91 Å². The average Bonchev–Trinajstić information content (AvgIpc) is 2.99. The standard InChI is InChI=1S/C19H25N3O3/c1-13-10-22-11-16(7-8-18(22)20-13)21-19(23)14(2)25-12-15-5-4-6-17(9-15)24-3/h4-6,9-10,14,16H,7-8,11-12H2,1-3H3,(H,21,23)/t14-,16+/m1/s1. The largest absolute Gasteiger partial charge is 0.497 e. The molecule has 0 aliphatic carbocycles. The summed E-state index contributed by atoms with van der Waals surface area (Å²) in [5.74, 6) is 1.81. The fraction of sp³-hybridized carbons (Fsp3) is 0.474. The Morgan fingerprint density at radius 3 is 3.12 bits per heavy atom. The number of carbonyl (C=O) groups excluding carboxylic acids is 1. The molecule has 0 saturated heterocycles. The highest BCUT2D eigenvalue weighted by Crippen LogP contribution is 2.16. The van der Waals surface area contributed by atoms with Crippen LogP contribution in [-0.2, 0) is 29.1 Å². The van der Waals surface area contributed by atoms with E-state index < -0.39 is 6.10 Å². The summed E-state index contributed by atoms with van der Waals surface area (Å²) in [4.78, 5) is 16.9. The second kappa shape index (κ2) is 7.70. The van der Waals surface area contributed by atoms with Gasteiger partial charge in [-0.05, 0) is 38.0 Å². The molecule has 1 aliphatic rings. The van der Waals surface area contributed by atoms with E-state index >= 15 is 0 Å². The molecular weight excluding hydrogens is 318 g/mol. The maximum absolute atomic E-state index is 12.4. The Hall–Kier alpha value is -2.34. The van der Waals surface area contributed by atoms with Crippen LogP contribution in [0.4, 0.5) is 0 Å². The molecule has 2 heterocycles.